The Labute approximate surface area is 130 Å². The number of ether oxygens (including phenoxy) is 1. The van der Waals surface area contributed by atoms with Gasteiger partial charge in [0.1, 0.15) is 0 Å². The zero-order valence-electron chi connectivity index (χ0n) is 13.8. The Morgan fingerprint density at radius 2 is 1.14 bits per heavy atom. The zero-order valence-corrected chi connectivity index (χ0v) is 13.8. The van der Waals surface area contributed by atoms with E-state index in [1.807, 2.05) is 12.2 Å². The van der Waals surface area contributed by atoms with E-state index in [4.69, 9.17) is 4.74 Å². The lowest BCUT2D eigenvalue weighted by atomic mass is 10.1. The van der Waals surface area contributed by atoms with Crippen LogP contribution in [0.3, 0.4) is 0 Å². The molecule has 0 aliphatic heterocycles. The minimum Gasteiger partial charge on any atom is -0.365 e. The van der Waals surface area contributed by atoms with Crippen molar-refractivity contribution in [2.75, 3.05) is 0 Å². The summed E-state index contributed by atoms with van der Waals surface area (Å²) in [6.07, 6.45) is 16.6. The third-order valence-electron chi connectivity index (χ3n) is 3.33. The highest BCUT2D eigenvalue weighted by Crippen LogP contribution is 2.06. The summed E-state index contributed by atoms with van der Waals surface area (Å²) >= 11 is 0. The Morgan fingerprint density at radius 3 is 1.52 bits per heavy atom. The third kappa shape index (κ3) is 15.6. The fourth-order valence-electron chi connectivity index (χ4n) is 2.04. The van der Waals surface area contributed by atoms with Crippen LogP contribution >= 0.6 is 0 Å². The van der Waals surface area contributed by atoms with Crippen LogP contribution in [0.4, 0.5) is 0 Å². The van der Waals surface area contributed by atoms with E-state index in [1.165, 1.54) is 38.5 Å². The lowest BCUT2D eigenvalue weighted by molar-refractivity contribution is -0.163. The second-order valence-corrected chi connectivity index (χ2v) is 5.47. The van der Waals surface area contributed by atoms with Gasteiger partial charge in [0.15, 0.2) is 12.6 Å². The summed E-state index contributed by atoms with van der Waals surface area (Å²) in [6, 6.07) is 0. The van der Waals surface area contributed by atoms with Crippen LogP contribution in [0.2, 0.25) is 0 Å². The highest BCUT2D eigenvalue weighted by Gasteiger charge is 2.04. The van der Waals surface area contributed by atoms with E-state index in [9.17, 15) is 10.2 Å². The van der Waals surface area contributed by atoms with Gasteiger partial charge in [0.25, 0.3) is 0 Å². The van der Waals surface area contributed by atoms with Gasteiger partial charge in [-0.2, -0.15) is 0 Å². The standard InChI is InChI=1S/C18H34O3/c1-3-5-7-9-11-13-15-17(19)21-18(20)16-14-12-10-8-6-4-2/h13-20H,3-12H2,1-2H3. The Hall–Kier alpha value is -0.640. The molecule has 0 bridgehead atoms. The van der Waals surface area contributed by atoms with Crippen molar-refractivity contribution in [2.24, 2.45) is 0 Å². The maximum atomic E-state index is 9.59. The Morgan fingerprint density at radius 1 is 0.714 bits per heavy atom. The van der Waals surface area contributed by atoms with Crippen LogP contribution in [-0.4, -0.2) is 22.8 Å². The topological polar surface area (TPSA) is 49.7 Å². The summed E-state index contributed by atoms with van der Waals surface area (Å²) in [7, 11) is 0. The average Bonchev–Trinajstić information content (AvgIpc) is 2.46. The molecule has 0 aromatic carbocycles. The smallest absolute Gasteiger partial charge is 0.177 e. The fourth-order valence-corrected chi connectivity index (χ4v) is 2.04. The van der Waals surface area contributed by atoms with Gasteiger partial charge in [0, 0.05) is 0 Å². The predicted octanol–water partition coefficient (Wildman–Crippen LogP) is 4.69. The van der Waals surface area contributed by atoms with Gasteiger partial charge in [-0.25, -0.2) is 0 Å². The normalized spacial score (nSPS) is 15.0. The molecular formula is C18H34O3. The van der Waals surface area contributed by atoms with E-state index in [1.54, 1.807) is 12.2 Å². The van der Waals surface area contributed by atoms with E-state index >= 15 is 0 Å². The molecule has 0 amide bonds. The van der Waals surface area contributed by atoms with Crippen molar-refractivity contribution < 1.29 is 14.9 Å². The summed E-state index contributed by atoms with van der Waals surface area (Å²) in [5, 5.41) is 19.2. The lowest BCUT2D eigenvalue weighted by Gasteiger charge is -2.11. The number of unbranched alkanes of at least 4 members (excludes halogenated alkanes) is 8. The molecule has 2 atom stereocenters. The van der Waals surface area contributed by atoms with Crippen molar-refractivity contribution in [3.05, 3.63) is 24.3 Å². The molecule has 0 saturated heterocycles. The maximum Gasteiger partial charge on any atom is 0.177 e. The van der Waals surface area contributed by atoms with Gasteiger partial charge in [0.2, 0.25) is 0 Å². The molecule has 0 aliphatic rings. The van der Waals surface area contributed by atoms with Crippen LogP contribution in [0, 0.1) is 0 Å². The van der Waals surface area contributed by atoms with Crippen molar-refractivity contribution >= 4 is 0 Å². The van der Waals surface area contributed by atoms with E-state index in [0.717, 1.165) is 25.7 Å². The van der Waals surface area contributed by atoms with Crippen molar-refractivity contribution in [3.63, 3.8) is 0 Å². The summed E-state index contributed by atoms with van der Waals surface area (Å²) in [5.74, 6) is 0. The predicted molar refractivity (Wildman–Crippen MR) is 88.9 cm³/mol. The van der Waals surface area contributed by atoms with Gasteiger partial charge < -0.3 is 14.9 Å². The molecule has 0 saturated carbocycles. The number of aliphatic hydroxyl groups is 2. The van der Waals surface area contributed by atoms with E-state index in [-0.39, 0.29) is 0 Å². The SMILES string of the molecule is CCCCCCC=CC(O)OC(O)C=CCCCCCC. The van der Waals surface area contributed by atoms with Gasteiger partial charge in [-0.15, -0.1) is 0 Å². The van der Waals surface area contributed by atoms with Gasteiger partial charge in [-0.1, -0.05) is 64.5 Å². The summed E-state index contributed by atoms with van der Waals surface area (Å²) < 4.78 is 5.04. The maximum absolute atomic E-state index is 9.59. The molecule has 3 nitrogen and oxygen atoms in total. The highest BCUT2D eigenvalue weighted by atomic mass is 16.7. The summed E-state index contributed by atoms with van der Waals surface area (Å²) in [4.78, 5) is 0. The summed E-state index contributed by atoms with van der Waals surface area (Å²) in [6.45, 7) is 4.37. The summed E-state index contributed by atoms with van der Waals surface area (Å²) in [5.41, 5.74) is 0. The van der Waals surface area contributed by atoms with Crippen LogP contribution in [0.15, 0.2) is 24.3 Å². The molecule has 21 heavy (non-hydrogen) atoms. The first-order valence-corrected chi connectivity index (χ1v) is 8.55. The molecule has 0 heterocycles. The molecular weight excluding hydrogens is 264 g/mol. The minimum absolute atomic E-state index is 0.948. The van der Waals surface area contributed by atoms with Crippen LogP contribution in [0.25, 0.3) is 0 Å². The van der Waals surface area contributed by atoms with Crippen molar-refractivity contribution in [3.8, 4) is 0 Å². The molecule has 0 fully saturated rings. The van der Waals surface area contributed by atoms with Crippen LogP contribution in [-0.2, 0) is 4.74 Å². The Bertz CT molecular complexity index is 235. The highest BCUT2D eigenvalue weighted by molar-refractivity contribution is 4.88. The third-order valence-corrected chi connectivity index (χ3v) is 3.33. The molecule has 2 unspecified atom stereocenters. The van der Waals surface area contributed by atoms with Crippen LogP contribution in [0.5, 0.6) is 0 Å². The Kier molecular flexibility index (Phi) is 15.3. The molecule has 0 aliphatic carbocycles. The van der Waals surface area contributed by atoms with Gasteiger partial charge >= 0.3 is 0 Å². The molecule has 0 radical (unpaired) electrons. The van der Waals surface area contributed by atoms with Gasteiger partial charge in [0.05, 0.1) is 0 Å². The number of rotatable bonds is 14. The van der Waals surface area contributed by atoms with Gasteiger partial charge in [-0.05, 0) is 37.8 Å². The Balaban J connectivity index is 3.61. The monoisotopic (exact) mass is 298 g/mol. The largest absolute Gasteiger partial charge is 0.365 e. The average molecular weight is 298 g/mol. The second-order valence-electron chi connectivity index (χ2n) is 5.47. The van der Waals surface area contributed by atoms with Crippen molar-refractivity contribution in [1.82, 2.24) is 0 Å². The fraction of sp³-hybridized carbons (Fsp3) is 0.778. The first-order valence-electron chi connectivity index (χ1n) is 8.55. The van der Waals surface area contributed by atoms with E-state index in [2.05, 4.69) is 13.8 Å². The van der Waals surface area contributed by atoms with E-state index in [0.29, 0.717) is 0 Å². The van der Waals surface area contributed by atoms with Crippen LogP contribution in [0.1, 0.15) is 78.1 Å². The number of hydrogen-bond donors (Lipinski definition) is 2. The minimum atomic E-state index is -1.03. The number of aliphatic hydroxyl groups excluding tert-OH is 2. The molecule has 124 valence electrons. The molecule has 0 aromatic heterocycles. The quantitative estimate of drug-likeness (QED) is 0.278. The van der Waals surface area contributed by atoms with E-state index < -0.39 is 12.6 Å². The van der Waals surface area contributed by atoms with Crippen LogP contribution < -0.4 is 0 Å². The van der Waals surface area contributed by atoms with Gasteiger partial charge in [-0.3, -0.25) is 0 Å². The molecule has 0 spiro atoms. The van der Waals surface area contributed by atoms with Crippen molar-refractivity contribution in [2.45, 2.75) is 90.6 Å². The molecule has 0 aromatic rings. The second kappa shape index (κ2) is 15.7. The molecule has 2 N–H and O–H groups in total. The number of hydrogen-bond acceptors (Lipinski definition) is 3. The first kappa shape index (κ1) is 20.4. The zero-order chi connectivity index (χ0) is 15.8. The lowest BCUT2D eigenvalue weighted by Crippen LogP contribution is -2.17. The molecule has 0 rings (SSSR count). The first-order chi connectivity index (χ1) is 10.2. The molecule has 3 heteroatoms. The number of allylic oxidation sites excluding steroid dienone is 2. The van der Waals surface area contributed by atoms with Crippen molar-refractivity contribution in [1.29, 1.82) is 0 Å².